The number of anilines is 1. The van der Waals surface area contributed by atoms with Crippen LogP contribution in [0.3, 0.4) is 0 Å². The first kappa shape index (κ1) is 10.8. The molecule has 0 atom stereocenters. The molecule has 2 aromatic rings. The van der Waals surface area contributed by atoms with Gasteiger partial charge in [0.15, 0.2) is 0 Å². The summed E-state index contributed by atoms with van der Waals surface area (Å²) >= 11 is 5.88. The second-order valence-electron chi connectivity index (χ2n) is 3.29. The molecule has 16 heavy (non-hydrogen) atoms. The molecule has 0 aromatic carbocycles. The monoisotopic (exact) mass is 239 g/mol. The number of nitrogens with zero attached hydrogens (tertiary/aromatic N) is 2. The fraction of sp³-hybridized carbons (Fsp3) is 0.200. The van der Waals surface area contributed by atoms with Crippen molar-refractivity contribution < 1.29 is 4.42 Å². The first-order valence-corrected chi connectivity index (χ1v) is 5.03. The lowest BCUT2D eigenvalue weighted by atomic mass is 10.3. The minimum atomic E-state index is -0.320. The third-order valence-corrected chi connectivity index (χ3v) is 2.51. The lowest BCUT2D eigenvalue weighted by Crippen LogP contribution is -2.20. The Morgan fingerprint density at radius 3 is 3.12 bits per heavy atom. The highest BCUT2D eigenvalue weighted by Gasteiger charge is 2.06. The summed E-state index contributed by atoms with van der Waals surface area (Å²) in [6.45, 7) is 0.533. The van der Waals surface area contributed by atoms with Gasteiger partial charge < -0.3 is 9.73 Å². The number of hydrogen-bond donors (Lipinski definition) is 1. The summed E-state index contributed by atoms with van der Waals surface area (Å²) in [6, 6.07) is 1.83. The van der Waals surface area contributed by atoms with Gasteiger partial charge in [-0.1, -0.05) is 11.6 Å². The Kier molecular flexibility index (Phi) is 2.96. The molecular weight excluding hydrogens is 230 g/mol. The summed E-state index contributed by atoms with van der Waals surface area (Å²) in [6.07, 6.45) is 4.72. The molecule has 2 aromatic heterocycles. The van der Waals surface area contributed by atoms with Gasteiger partial charge in [0, 0.05) is 19.2 Å². The van der Waals surface area contributed by atoms with E-state index in [1.165, 1.54) is 10.9 Å². The molecule has 0 radical (unpaired) electrons. The molecule has 0 fully saturated rings. The van der Waals surface area contributed by atoms with Crippen molar-refractivity contribution in [1.29, 1.82) is 0 Å². The van der Waals surface area contributed by atoms with Gasteiger partial charge in [-0.3, -0.25) is 4.79 Å². The van der Waals surface area contributed by atoms with E-state index in [1.807, 2.05) is 6.07 Å². The fourth-order valence-electron chi connectivity index (χ4n) is 1.22. The van der Waals surface area contributed by atoms with Gasteiger partial charge in [0.2, 0.25) is 0 Å². The van der Waals surface area contributed by atoms with Crippen LogP contribution in [0.5, 0.6) is 0 Å². The molecule has 0 bridgehead atoms. The average molecular weight is 240 g/mol. The van der Waals surface area contributed by atoms with Gasteiger partial charge in [0.1, 0.15) is 5.02 Å². The highest BCUT2D eigenvalue weighted by Crippen LogP contribution is 2.16. The number of aromatic nitrogens is 2. The summed E-state index contributed by atoms with van der Waals surface area (Å²) < 4.78 is 6.11. The molecule has 5 nitrogen and oxygen atoms in total. The fourth-order valence-corrected chi connectivity index (χ4v) is 1.46. The van der Waals surface area contributed by atoms with Crippen molar-refractivity contribution in [3.8, 4) is 0 Å². The Morgan fingerprint density at radius 2 is 2.44 bits per heavy atom. The Hall–Kier alpha value is -1.75. The highest BCUT2D eigenvalue weighted by atomic mass is 35.5. The minimum absolute atomic E-state index is 0.140. The standard InChI is InChI=1S/C10H10ClN3O2/c1-14-10(15)9(11)8(5-13-14)12-4-7-2-3-16-6-7/h2-3,5-6,12H,4H2,1H3. The third-order valence-electron chi connectivity index (χ3n) is 2.14. The number of halogens is 1. The SMILES string of the molecule is Cn1ncc(NCc2ccoc2)c(Cl)c1=O. The summed E-state index contributed by atoms with van der Waals surface area (Å²) in [7, 11) is 1.55. The summed E-state index contributed by atoms with van der Waals surface area (Å²) in [5.41, 5.74) is 1.17. The van der Waals surface area contributed by atoms with Crippen molar-refractivity contribution >= 4 is 17.3 Å². The van der Waals surface area contributed by atoms with Crippen LogP contribution in [0, 0.1) is 0 Å². The molecule has 84 valence electrons. The van der Waals surface area contributed by atoms with Crippen molar-refractivity contribution in [2.45, 2.75) is 6.54 Å². The number of rotatable bonds is 3. The first-order valence-electron chi connectivity index (χ1n) is 4.65. The molecule has 0 aliphatic carbocycles. The van der Waals surface area contributed by atoms with E-state index in [2.05, 4.69) is 10.4 Å². The molecule has 0 saturated carbocycles. The average Bonchev–Trinajstić information content (AvgIpc) is 2.78. The van der Waals surface area contributed by atoms with Crippen LogP contribution in [0.1, 0.15) is 5.56 Å². The predicted molar refractivity (Wildman–Crippen MR) is 60.5 cm³/mol. The largest absolute Gasteiger partial charge is 0.472 e. The van der Waals surface area contributed by atoms with E-state index in [1.54, 1.807) is 19.6 Å². The summed E-state index contributed by atoms with van der Waals surface area (Å²) in [4.78, 5) is 11.5. The Bertz CT molecular complexity index is 533. The van der Waals surface area contributed by atoms with Crippen molar-refractivity contribution in [1.82, 2.24) is 9.78 Å². The number of nitrogens with one attached hydrogen (secondary N) is 1. The van der Waals surface area contributed by atoms with Crippen molar-refractivity contribution in [3.63, 3.8) is 0 Å². The Morgan fingerprint density at radius 1 is 1.62 bits per heavy atom. The summed E-state index contributed by atoms with van der Waals surface area (Å²) in [5, 5.41) is 7.03. The van der Waals surface area contributed by atoms with Crippen LogP contribution in [0.25, 0.3) is 0 Å². The van der Waals surface area contributed by atoms with E-state index in [9.17, 15) is 4.79 Å². The van der Waals surface area contributed by atoms with Gasteiger partial charge in [-0.2, -0.15) is 5.10 Å². The lowest BCUT2D eigenvalue weighted by Gasteiger charge is -2.06. The maximum absolute atomic E-state index is 11.5. The zero-order valence-electron chi connectivity index (χ0n) is 8.61. The van der Waals surface area contributed by atoms with Gasteiger partial charge in [0.25, 0.3) is 5.56 Å². The third kappa shape index (κ3) is 2.09. The first-order chi connectivity index (χ1) is 7.68. The number of furan rings is 1. The quantitative estimate of drug-likeness (QED) is 0.885. The molecule has 2 rings (SSSR count). The van der Waals surface area contributed by atoms with Gasteiger partial charge in [-0.05, 0) is 6.07 Å². The highest BCUT2D eigenvalue weighted by molar-refractivity contribution is 6.32. The molecule has 1 N–H and O–H groups in total. The molecule has 2 heterocycles. The van der Waals surface area contributed by atoms with Gasteiger partial charge >= 0.3 is 0 Å². The van der Waals surface area contributed by atoms with E-state index < -0.39 is 0 Å². The van der Waals surface area contributed by atoms with Crippen LogP contribution in [0.4, 0.5) is 5.69 Å². The van der Waals surface area contributed by atoms with Crippen LogP contribution >= 0.6 is 11.6 Å². The van der Waals surface area contributed by atoms with Crippen molar-refractivity contribution in [2.75, 3.05) is 5.32 Å². The molecule has 0 aliphatic rings. The summed E-state index contributed by atoms with van der Waals surface area (Å²) in [5.74, 6) is 0. The number of aryl methyl sites for hydroxylation is 1. The predicted octanol–water partition coefficient (Wildman–Crippen LogP) is 1.64. The van der Waals surface area contributed by atoms with Crippen molar-refractivity contribution in [3.05, 3.63) is 45.7 Å². The Balaban J connectivity index is 2.16. The van der Waals surface area contributed by atoms with Gasteiger partial charge in [-0.25, -0.2) is 4.68 Å². The van der Waals surface area contributed by atoms with Crippen LogP contribution < -0.4 is 10.9 Å². The van der Waals surface area contributed by atoms with E-state index in [0.29, 0.717) is 12.2 Å². The minimum Gasteiger partial charge on any atom is -0.472 e. The Labute approximate surface area is 96.6 Å². The van der Waals surface area contributed by atoms with Crippen molar-refractivity contribution in [2.24, 2.45) is 7.05 Å². The molecule has 0 spiro atoms. The van der Waals surface area contributed by atoms with Gasteiger partial charge in [0.05, 0.1) is 24.4 Å². The van der Waals surface area contributed by atoms with E-state index in [0.717, 1.165) is 5.56 Å². The lowest BCUT2D eigenvalue weighted by molar-refractivity contribution is 0.564. The molecule has 0 aliphatic heterocycles. The van der Waals surface area contributed by atoms with E-state index in [4.69, 9.17) is 16.0 Å². The van der Waals surface area contributed by atoms with E-state index >= 15 is 0 Å². The normalized spacial score (nSPS) is 10.4. The maximum atomic E-state index is 11.5. The number of hydrogen-bond acceptors (Lipinski definition) is 4. The second kappa shape index (κ2) is 4.40. The van der Waals surface area contributed by atoms with Crippen LogP contribution in [0.2, 0.25) is 5.02 Å². The zero-order valence-corrected chi connectivity index (χ0v) is 9.36. The van der Waals surface area contributed by atoms with Crippen LogP contribution in [0.15, 0.2) is 34.0 Å². The van der Waals surface area contributed by atoms with Crippen LogP contribution in [-0.4, -0.2) is 9.78 Å². The molecular formula is C10H10ClN3O2. The van der Waals surface area contributed by atoms with E-state index in [-0.39, 0.29) is 10.6 Å². The second-order valence-corrected chi connectivity index (χ2v) is 3.66. The maximum Gasteiger partial charge on any atom is 0.287 e. The van der Waals surface area contributed by atoms with Crippen LogP contribution in [-0.2, 0) is 13.6 Å². The molecule has 0 saturated heterocycles. The molecule has 0 unspecified atom stereocenters. The molecule has 0 amide bonds. The zero-order chi connectivity index (χ0) is 11.5. The topological polar surface area (TPSA) is 60.1 Å². The molecule has 6 heteroatoms. The smallest absolute Gasteiger partial charge is 0.287 e. The van der Waals surface area contributed by atoms with Gasteiger partial charge in [-0.15, -0.1) is 0 Å².